The lowest BCUT2D eigenvalue weighted by molar-refractivity contribution is -0.00184. The Morgan fingerprint density at radius 1 is 1.23 bits per heavy atom. The molecule has 2 N–H and O–H groups in total. The number of rotatable bonds is 6. The average Bonchev–Trinajstić information content (AvgIpc) is 2.88. The minimum absolute atomic E-state index is 0.0213. The van der Waals surface area contributed by atoms with Crippen LogP contribution in [0.3, 0.4) is 0 Å². The molecule has 4 atom stereocenters. The topological polar surface area (TPSA) is 122 Å². The van der Waals surface area contributed by atoms with Gasteiger partial charge in [-0.3, -0.25) is 9.88 Å². The highest BCUT2D eigenvalue weighted by Crippen LogP contribution is 2.36. The first-order valence-electron chi connectivity index (χ1n) is 13.5. The van der Waals surface area contributed by atoms with E-state index in [2.05, 4.69) is 22.1 Å². The van der Waals surface area contributed by atoms with E-state index < -0.39 is 21.4 Å². The first-order valence-corrected chi connectivity index (χ1v) is 15.4. The zero-order valence-corrected chi connectivity index (χ0v) is 23.8. The van der Waals surface area contributed by atoms with Gasteiger partial charge in [0.1, 0.15) is 11.6 Å². The van der Waals surface area contributed by atoms with Gasteiger partial charge in [-0.1, -0.05) is 6.92 Å². The maximum atomic E-state index is 13.9. The zero-order chi connectivity index (χ0) is 28.7. The largest absolute Gasteiger partial charge is 0.387 e. The van der Waals surface area contributed by atoms with Gasteiger partial charge in [0.15, 0.2) is 0 Å². The first kappa shape index (κ1) is 28.4. The summed E-state index contributed by atoms with van der Waals surface area (Å²) >= 11 is 0. The molecule has 5 rings (SSSR count). The van der Waals surface area contributed by atoms with Gasteiger partial charge >= 0.3 is 0 Å². The number of fused-ring (bicyclic) bond motifs is 1. The Kier molecular flexibility index (Phi) is 7.81. The van der Waals surface area contributed by atoms with E-state index in [0.29, 0.717) is 36.8 Å². The molecule has 2 aliphatic rings. The van der Waals surface area contributed by atoms with Crippen LogP contribution in [0.1, 0.15) is 49.4 Å². The molecule has 212 valence electrons. The summed E-state index contributed by atoms with van der Waals surface area (Å²) in [5.41, 5.74) is 0.877. The SMILES string of the molecule is C[C@@H]1CN(Cc2cc(F)cc(C#N)c2)CC[C@H]1c1nccc2cnc(N[C@@H]3CCN(S(C)(=O)=O)C[C@@]3(C)O)cc12. The van der Waals surface area contributed by atoms with Gasteiger partial charge in [-0.05, 0) is 68.1 Å². The van der Waals surface area contributed by atoms with Gasteiger partial charge in [-0.25, -0.2) is 17.8 Å². The number of β-amino-alcohol motifs (C(OH)–C–C–N with tert-alkyl or cyclic N) is 1. The molecule has 9 nitrogen and oxygen atoms in total. The molecule has 2 aromatic heterocycles. The van der Waals surface area contributed by atoms with Crippen molar-refractivity contribution in [3.05, 3.63) is 65.4 Å². The number of likely N-dealkylation sites (tertiary alicyclic amines) is 1. The molecule has 0 bridgehead atoms. The highest BCUT2D eigenvalue weighted by Gasteiger charge is 2.41. The molecule has 3 aromatic rings. The fourth-order valence-electron chi connectivity index (χ4n) is 6.13. The van der Waals surface area contributed by atoms with Crippen LogP contribution in [-0.4, -0.2) is 76.8 Å². The summed E-state index contributed by atoms with van der Waals surface area (Å²) in [6, 6.07) is 10.1. The van der Waals surface area contributed by atoms with E-state index in [1.807, 2.05) is 24.4 Å². The van der Waals surface area contributed by atoms with Gasteiger partial charge in [-0.15, -0.1) is 0 Å². The van der Waals surface area contributed by atoms with E-state index in [9.17, 15) is 23.2 Å². The number of anilines is 1. The number of halogens is 1. The number of hydrogen-bond acceptors (Lipinski definition) is 8. The number of nitrogens with zero attached hydrogens (tertiary/aromatic N) is 5. The predicted molar refractivity (Wildman–Crippen MR) is 152 cm³/mol. The normalized spacial score (nSPS) is 26.4. The van der Waals surface area contributed by atoms with Gasteiger partial charge < -0.3 is 10.4 Å². The molecular formula is C29H35FN6O3S. The molecule has 2 aliphatic heterocycles. The third-order valence-electron chi connectivity index (χ3n) is 8.22. The number of aliphatic hydroxyl groups is 1. The maximum Gasteiger partial charge on any atom is 0.211 e. The second-order valence-electron chi connectivity index (χ2n) is 11.5. The van der Waals surface area contributed by atoms with Gasteiger partial charge in [0.2, 0.25) is 10.0 Å². The van der Waals surface area contributed by atoms with E-state index in [-0.39, 0.29) is 18.5 Å². The summed E-state index contributed by atoms with van der Waals surface area (Å²) in [5.74, 6) is 0.738. The molecule has 0 saturated carbocycles. The Balaban J connectivity index is 1.32. The lowest BCUT2D eigenvalue weighted by Crippen LogP contribution is -2.58. The summed E-state index contributed by atoms with van der Waals surface area (Å²) in [6.07, 6.45) is 6.12. The van der Waals surface area contributed by atoms with Crippen LogP contribution in [0.5, 0.6) is 0 Å². The summed E-state index contributed by atoms with van der Waals surface area (Å²) in [5, 5.41) is 25.6. The van der Waals surface area contributed by atoms with E-state index >= 15 is 0 Å². The number of nitriles is 1. The molecule has 0 spiro atoms. The van der Waals surface area contributed by atoms with Crippen LogP contribution >= 0.6 is 0 Å². The lowest BCUT2D eigenvalue weighted by Gasteiger charge is -2.42. The van der Waals surface area contributed by atoms with Crippen LogP contribution < -0.4 is 5.32 Å². The van der Waals surface area contributed by atoms with Gasteiger partial charge in [0, 0.05) is 55.3 Å². The minimum Gasteiger partial charge on any atom is -0.387 e. The molecule has 0 amide bonds. The summed E-state index contributed by atoms with van der Waals surface area (Å²) in [6.45, 7) is 6.43. The van der Waals surface area contributed by atoms with Gasteiger partial charge in [0.05, 0.1) is 35.2 Å². The molecule has 40 heavy (non-hydrogen) atoms. The molecule has 2 fully saturated rings. The third-order valence-corrected chi connectivity index (χ3v) is 9.47. The quantitative estimate of drug-likeness (QED) is 0.465. The van der Waals surface area contributed by atoms with Crippen LogP contribution in [0, 0.1) is 23.1 Å². The van der Waals surface area contributed by atoms with Crippen molar-refractivity contribution < 1.29 is 17.9 Å². The Hall–Kier alpha value is -3.17. The fraction of sp³-hybridized carbons (Fsp3) is 0.483. The number of sulfonamides is 1. The molecule has 2 saturated heterocycles. The van der Waals surface area contributed by atoms with E-state index in [1.165, 1.54) is 16.4 Å². The molecular weight excluding hydrogens is 531 g/mol. The van der Waals surface area contributed by atoms with Gasteiger partial charge in [-0.2, -0.15) is 9.57 Å². The monoisotopic (exact) mass is 566 g/mol. The number of pyridine rings is 2. The van der Waals surface area contributed by atoms with Crippen LogP contribution in [-0.2, 0) is 16.6 Å². The minimum atomic E-state index is -3.38. The molecule has 11 heteroatoms. The van der Waals surface area contributed by atoms with Crippen molar-refractivity contribution in [2.45, 2.75) is 50.8 Å². The number of aromatic nitrogens is 2. The molecule has 0 aliphatic carbocycles. The Labute approximate surface area is 234 Å². The number of benzene rings is 1. The fourth-order valence-corrected chi connectivity index (χ4v) is 7.06. The Bertz CT molecular complexity index is 1560. The summed E-state index contributed by atoms with van der Waals surface area (Å²) in [4.78, 5) is 11.7. The Morgan fingerprint density at radius 2 is 2.02 bits per heavy atom. The van der Waals surface area contributed by atoms with Crippen molar-refractivity contribution in [3.63, 3.8) is 0 Å². The van der Waals surface area contributed by atoms with Crippen LogP contribution in [0.2, 0.25) is 0 Å². The number of hydrogen-bond donors (Lipinski definition) is 2. The molecule has 0 unspecified atom stereocenters. The van der Waals surface area contributed by atoms with E-state index in [0.717, 1.165) is 47.8 Å². The molecule has 4 heterocycles. The van der Waals surface area contributed by atoms with Crippen LogP contribution in [0.25, 0.3) is 10.8 Å². The molecule has 1 aromatic carbocycles. The van der Waals surface area contributed by atoms with Crippen molar-refractivity contribution in [2.24, 2.45) is 5.92 Å². The summed E-state index contributed by atoms with van der Waals surface area (Å²) < 4.78 is 39.2. The van der Waals surface area contributed by atoms with Gasteiger partial charge in [0.25, 0.3) is 0 Å². The van der Waals surface area contributed by atoms with Crippen LogP contribution in [0.15, 0.2) is 42.7 Å². The Morgan fingerprint density at radius 3 is 2.73 bits per heavy atom. The summed E-state index contributed by atoms with van der Waals surface area (Å²) in [7, 11) is -3.38. The molecule has 0 radical (unpaired) electrons. The number of piperidine rings is 2. The predicted octanol–water partition coefficient (Wildman–Crippen LogP) is 3.46. The van der Waals surface area contributed by atoms with Crippen molar-refractivity contribution >= 4 is 26.6 Å². The number of nitrogens with one attached hydrogen (secondary N) is 1. The highest BCUT2D eigenvalue weighted by atomic mass is 32.2. The van der Waals surface area contributed by atoms with Crippen molar-refractivity contribution in [1.29, 1.82) is 5.26 Å². The van der Waals surface area contributed by atoms with E-state index in [4.69, 9.17) is 4.98 Å². The van der Waals surface area contributed by atoms with Crippen LogP contribution in [0.4, 0.5) is 10.2 Å². The average molecular weight is 567 g/mol. The maximum absolute atomic E-state index is 13.9. The second-order valence-corrected chi connectivity index (χ2v) is 13.5. The van der Waals surface area contributed by atoms with Crippen molar-refractivity contribution in [1.82, 2.24) is 19.2 Å². The zero-order valence-electron chi connectivity index (χ0n) is 23.0. The van der Waals surface area contributed by atoms with Crippen molar-refractivity contribution in [3.8, 4) is 6.07 Å². The third kappa shape index (κ3) is 6.10. The first-order chi connectivity index (χ1) is 18.9. The highest BCUT2D eigenvalue weighted by molar-refractivity contribution is 7.88. The standard InChI is InChI=1S/C29H35FN6O3S/c1-19-16-35(17-21-10-20(14-31)11-23(30)12-21)8-5-24(19)28-25-13-27(33-15-22(25)4-7-32-28)34-26-6-9-36(40(3,38)39)18-29(26,2)37/h4,7,10-13,15,19,24,26,37H,5-6,8-9,16-18H2,1-3H3,(H,33,34)/t19-,24-,26-,29-/m1/s1. The smallest absolute Gasteiger partial charge is 0.211 e. The second kappa shape index (κ2) is 11.0. The lowest BCUT2D eigenvalue weighted by atomic mass is 9.82. The van der Waals surface area contributed by atoms with Crippen molar-refractivity contribution in [2.75, 3.05) is 37.8 Å². The van der Waals surface area contributed by atoms with E-state index in [1.54, 1.807) is 19.2 Å².